The second-order valence-corrected chi connectivity index (χ2v) is 9.28. The molecule has 7 aromatic rings. The Hall–Kier alpha value is -5.09. The number of rotatable bonds is 4. The van der Waals surface area contributed by atoms with Gasteiger partial charge in [0, 0.05) is 11.8 Å². The molecule has 0 aliphatic heterocycles. The van der Waals surface area contributed by atoms with E-state index < -0.39 is 0 Å². The molecule has 7 rings (SSSR count). The smallest absolute Gasteiger partial charge is 0.246 e. The third-order valence-electron chi connectivity index (χ3n) is 6.85. The van der Waals surface area contributed by atoms with Crippen molar-refractivity contribution in [2.75, 3.05) is 0 Å². The predicted octanol–water partition coefficient (Wildman–Crippen LogP) is 9.18. The Morgan fingerprint density at radius 2 is 1.08 bits per heavy atom. The van der Waals surface area contributed by atoms with Gasteiger partial charge in [0.1, 0.15) is 17.0 Å². The molecule has 5 aromatic carbocycles. The summed E-state index contributed by atoms with van der Waals surface area (Å²) in [5, 5.41) is 2.34. The zero-order valence-corrected chi connectivity index (χ0v) is 20.3. The van der Waals surface area contributed by atoms with Crippen LogP contribution in [-0.4, -0.2) is 9.97 Å². The maximum Gasteiger partial charge on any atom is 0.246 e. The quantitative estimate of drug-likeness (QED) is 0.246. The van der Waals surface area contributed by atoms with Crippen LogP contribution in [0.25, 0.3) is 66.8 Å². The zero-order chi connectivity index (χ0) is 25.5. The second kappa shape index (κ2) is 9.09. The molecule has 2 heterocycles. The van der Waals surface area contributed by atoms with Gasteiger partial charge in [-0.2, -0.15) is 0 Å². The molecule has 2 aromatic heterocycles. The van der Waals surface area contributed by atoms with Crippen molar-refractivity contribution in [3.63, 3.8) is 0 Å². The fourth-order valence-electron chi connectivity index (χ4n) is 4.78. The third kappa shape index (κ3) is 4.12. The van der Waals surface area contributed by atoms with Gasteiger partial charge in [0.25, 0.3) is 0 Å². The van der Waals surface area contributed by atoms with Crippen LogP contribution in [0.2, 0.25) is 0 Å². The van der Waals surface area contributed by atoms with E-state index in [4.69, 9.17) is 4.42 Å². The lowest BCUT2D eigenvalue weighted by molar-refractivity contribution is 0.617. The van der Waals surface area contributed by atoms with Crippen molar-refractivity contribution in [1.29, 1.82) is 0 Å². The van der Waals surface area contributed by atoms with Crippen molar-refractivity contribution in [3.8, 4) is 45.0 Å². The van der Waals surface area contributed by atoms with Crippen LogP contribution in [0.5, 0.6) is 0 Å². The van der Waals surface area contributed by atoms with E-state index in [0.29, 0.717) is 11.6 Å². The molecule has 0 N–H and O–H groups in total. The van der Waals surface area contributed by atoms with E-state index in [0.717, 1.165) is 49.9 Å². The lowest BCUT2D eigenvalue weighted by Gasteiger charge is -2.08. The molecule has 0 fully saturated rings. The van der Waals surface area contributed by atoms with Crippen LogP contribution in [0.4, 0.5) is 4.39 Å². The number of nitrogens with zero attached hydrogens (tertiary/aromatic N) is 2. The van der Waals surface area contributed by atoms with Crippen LogP contribution >= 0.6 is 0 Å². The average molecular weight is 493 g/mol. The monoisotopic (exact) mass is 492 g/mol. The molecule has 180 valence electrons. The van der Waals surface area contributed by atoms with Crippen LogP contribution in [0.1, 0.15) is 0 Å². The minimum absolute atomic E-state index is 0.224. The Morgan fingerprint density at radius 1 is 0.526 bits per heavy atom. The molecule has 0 aliphatic rings. The highest BCUT2D eigenvalue weighted by Gasteiger charge is 2.10. The first-order valence-corrected chi connectivity index (χ1v) is 12.4. The number of hydrogen-bond donors (Lipinski definition) is 0. The highest BCUT2D eigenvalue weighted by atomic mass is 19.1. The minimum atomic E-state index is -0.224. The van der Waals surface area contributed by atoms with Gasteiger partial charge in [-0.3, -0.25) is 4.98 Å². The molecular weight excluding hydrogens is 471 g/mol. The van der Waals surface area contributed by atoms with Crippen LogP contribution in [0.3, 0.4) is 0 Å². The van der Waals surface area contributed by atoms with Crippen molar-refractivity contribution < 1.29 is 8.81 Å². The first-order chi connectivity index (χ1) is 18.7. The van der Waals surface area contributed by atoms with Crippen LogP contribution < -0.4 is 0 Å². The number of pyridine rings is 1. The molecule has 0 bridgehead atoms. The Balaban J connectivity index is 1.14. The molecular formula is C34H21FN2O. The molecule has 0 unspecified atom stereocenters. The summed E-state index contributed by atoms with van der Waals surface area (Å²) in [5.41, 5.74) is 8.78. The number of oxazole rings is 1. The normalized spacial score (nSPS) is 11.3. The van der Waals surface area contributed by atoms with E-state index >= 15 is 0 Å². The molecule has 0 saturated heterocycles. The highest BCUT2D eigenvalue weighted by Crippen LogP contribution is 2.31. The van der Waals surface area contributed by atoms with Gasteiger partial charge in [0.2, 0.25) is 5.89 Å². The molecule has 0 spiro atoms. The van der Waals surface area contributed by atoms with Gasteiger partial charge in [-0.1, -0.05) is 78.9 Å². The van der Waals surface area contributed by atoms with Crippen molar-refractivity contribution >= 4 is 21.9 Å². The molecule has 4 heteroatoms. The largest absolute Gasteiger partial charge is 0.435 e. The Bertz CT molecular complexity index is 1870. The van der Waals surface area contributed by atoms with Gasteiger partial charge in [0.15, 0.2) is 5.58 Å². The van der Waals surface area contributed by atoms with Crippen LogP contribution in [0, 0.1) is 5.82 Å². The number of fused-ring (bicyclic) bond motifs is 2. The summed E-state index contributed by atoms with van der Waals surface area (Å²) in [6.45, 7) is 0. The van der Waals surface area contributed by atoms with Gasteiger partial charge < -0.3 is 4.42 Å². The number of benzene rings is 5. The van der Waals surface area contributed by atoms with E-state index in [1.54, 1.807) is 12.1 Å². The van der Waals surface area contributed by atoms with Crippen molar-refractivity contribution in [3.05, 3.63) is 133 Å². The predicted molar refractivity (Wildman–Crippen MR) is 151 cm³/mol. The summed E-state index contributed by atoms with van der Waals surface area (Å²) >= 11 is 0. The first-order valence-electron chi connectivity index (χ1n) is 12.4. The molecule has 0 atom stereocenters. The van der Waals surface area contributed by atoms with Crippen LogP contribution in [-0.2, 0) is 0 Å². The van der Waals surface area contributed by atoms with E-state index in [1.807, 2.05) is 36.5 Å². The average Bonchev–Trinajstić information content (AvgIpc) is 3.42. The van der Waals surface area contributed by atoms with Gasteiger partial charge in [0.05, 0.1) is 0 Å². The lowest BCUT2D eigenvalue weighted by atomic mass is 9.97. The maximum atomic E-state index is 13.2. The summed E-state index contributed by atoms with van der Waals surface area (Å²) in [6, 6.07) is 39.6. The second-order valence-electron chi connectivity index (χ2n) is 9.28. The van der Waals surface area contributed by atoms with E-state index in [1.165, 1.54) is 17.5 Å². The van der Waals surface area contributed by atoms with Gasteiger partial charge in [-0.15, -0.1) is 0 Å². The summed E-state index contributed by atoms with van der Waals surface area (Å²) < 4.78 is 19.1. The van der Waals surface area contributed by atoms with E-state index in [-0.39, 0.29) is 5.82 Å². The summed E-state index contributed by atoms with van der Waals surface area (Å²) in [5.74, 6) is 0.299. The minimum Gasteiger partial charge on any atom is -0.435 e. The topological polar surface area (TPSA) is 38.9 Å². The van der Waals surface area contributed by atoms with Gasteiger partial charge >= 0.3 is 0 Å². The van der Waals surface area contributed by atoms with Gasteiger partial charge in [-0.05, 0) is 81.1 Å². The fraction of sp³-hybridized carbons (Fsp3) is 0. The Labute approximate surface area is 218 Å². The van der Waals surface area contributed by atoms with Gasteiger partial charge in [-0.25, -0.2) is 9.37 Å². The van der Waals surface area contributed by atoms with Crippen molar-refractivity contribution in [1.82, 2.24) is 9.97 Å². The van der Waals surface area contributed by atoms with Crippen LogP contribution in [0.15, 0.2) is 132 Å². The molecule has 38 heavy (non-hydrogen) atoms. The summed E-state index contributed by atoms with van der Waals surface area (Å²) in [6.07, 6.45) is 1.86. The Morgan fingerprint density at radius 3 is 1.71 bits per heavy atom. The molecule has 3 nitrogen and oxygen atoms in total. The number of aromatic nitrogens is 2. The summed E-state index contributed by atoms with van der Waals surface area (Å²) in [4.78, 5) is 9.15. The van der Waals surface area contributed by atoms with E-state index in [9.17, 15) is 4.39 Å². The summed E-state index contributed by atoms with van der Waals surface area (Å²) in [7, 11) is 0. The number of para-hydroxylation sites is 2. The molecule has 0 radical (unpaired) electrons. The molecule has 0 saturated carbocycles. The number of hydrogen-bond acceptors (Lipinski definition) is 3. The highest BCUT2D eigenvalue weighted by molar-refractivity contribution is 5.91. The van der Waals surface area contributed by atoms with Crippen molar-refractivity contribution in [2.24, 2.45) is 0 Å². The number of halogens is 1. The van der Waals surface area contributed by atoms with E-state index in [2.05, 4.69) is 76.7 Å². The third-order valence-corrected chi connectivity index (χ3v) is 6.85. The SMILES string of the molecule is Fc1ccc(-c2ccc(-c3ccc4cc(-c5ccc(-c6nc7ccccc7o6)nc5)ccc4c3)cc2)cc1. The fourth-order valence-corrected chi connectivity index (χ4v) is 4.78. The van der Waals surface area contributed by atoms with Crippen molar-refractivity contribution in [2.45, 2.75) is 0 Å². The first kappa shape index (κ1) is 22.1. The zero-order valence-electron chi connectivity index (χ0n) is 20.3. The molecule has 0 aliphatic carbocycles. The Kier molecular flexibility index (Phi) is 5.30. The molecule has 0 amide bonds. The lowest BCUT2D eigenvalue weighted by Crippen LogP contribution is -1.86. The standard InChI is InChI=1S/C34H21FN2O/c35-30-16-13-23(14-17-30)22-5-7-24(8-6-22)25-9-10-27-20-28(12-11-26(27)19-25)29-15-18-32(36-21-29)34-37-31-3-1-2-4-33(31)38-34/h1-21H. The maximum absolute atomic E-state index is 13.2.